The third-order valence-corrected chi connectivity index (χ3v) is 3.08. The Morgan fingerprint density at radius 3 is 2.79 bits per heavy atom. The van der Waals surface area contributed by atoms with Gasteiger partial charge in [0.1, 0.15) is 5.52 Å². The maximum atomic E-state index is 13.8. The number of aromatic nitrogens is 1. The van der Waals surface area contributed by atoms with Crippen molar-refractivity contribution in [3.8, 4) is 0 Å². The average molecular weight is 287 g/mol. The van der Waals surface area contributed by atoms with Gasteiger partial charge in [-0.3, -0.25) is 4.28 Å². The molecule has 0 fully saturated rings. The summed E-state index contributed by atoms with van der Waals surface area (Å²) in [6.45, 7) is 0.00885. The number of nitrogens with zero attached hydrogens (tertiary/aromatic N) is 1. The molecule has 5 nitrogen and oxygen atoms in total. The number of halogens is 1. The van der Waals surface area contributed by atoms with Crippen LogP contribution < -0.4 is 4.28 Å². The predicted octanol–water partition coefficient (Wildman–Crippen LogP) is 1.09. The average Bonchev–Trinajstić information content (AvgIpc) is 2.64. The van der Waals surface area contributed by atoms with Gasteiger partial charge in [0.15, 0.2) is 5.82 Å². The second kappa shape index (κ2) is 5.18. The molecule has 0 bridgehead atoms. The Morgan fingerprint density at radius 2 is 2.16 bits per heavy atom. The summed E-state index contributed by atoms with van der Waals surface area (Å²) in [6.07, 6.45) is 3.35. The first-order valence-corrected chi connectivity index (χ1v) is 7.53. The van der Waals surface area contributed by atoms with Gasteiger partial charge in [-0.1, -0.05) is 12.1 Å². The number of para-hydroxylation sites is 1. The van der Waals surface area contributed by atoms with Crippen molar-refractivity contribution in [2.75, 3.05) is 12.9 Å². The van der Waals surface area contributed by atoms with E-state index in [4.69, 9.17) is 9.39 Å². The largest absolute Gasteiger partial charge is 0.396 e. The molecule has 0 unspecified atom stereocenters. The van der Waals surface area contributed by atoms with E-state index in [1.165, 1.54) is 12.3 Å². The highest BCUT2D eigenvalue weighted by Gasteiger charge is 2.15. The molecular weight excluding hydrogens is 273 g/mol. The Hall–Kier alpha value is -1.60. The zero-order chi connectivity index (χ0) is 14.0. The monoisotopic (exact) mass is 287 g/mol. The summed E-state index contributed by atoms with van der Waals surface area (Å²) in [4.78, 5) is 0. The van der Waals surface area contributed by atoms with E-state index in [-0.39, 0.29) is 12.1 Å². The maximum Gasteiger partial charge on any atom is 0.324 e. The molecule has 1 aromatic heterocycles. The van der Waals surface area contributed by atoms with Gasteiger partial charge in [0, 0.05) is 18.2 Å². The van der Waals surface area contributed by atoms with Gasteiger partial charge >= 0.3 is 10.1 Å². The molecule has 0 atom stereocenters. The van der Waals surface area contributed by atoms with Crippen LogP contribution in [0.1, 0.15) is 12.0 Å². The quantitative estimate of drug-likeness (QED) is 0.894. The van der Waals surface area contributed by atoms with E-state index in [0.717, 1.165) is 16.5 Å². The summed E-state index contributed by atoms with van der Waals surface area (Å²) in [5.74, 6) is -0.559. The highest BCUT2D eigenvalue weighted by molar-refractivity contribution is 7.86. The molecule has 0 amide bonds. The van der Waals surface area contributed by atoms with Crippen molar-refractivity contribution in [3.63, 3.8) is 0 Å². The summed E-state index contributed by atoms with van der Waals surface area (Å²) < 4.78 is 41.8. The van der Waals surface area contributed by atoms with Crippen LogP contribution in [0.2, 0.25) is 0 Å². The van der Waals surface area contributed by atoms with Crippen LogP contribution in [0.15, 0.2) is 24.4 Å². The van der Waals surface area contributed by atoms with E-state index < -0.39 is 15.9 Å². The molecule has 2 rings (SSSR count). The fourth-order valence-electron chi connectivity index (χ4n) is 1.95. The Labute approximate surface area is 110 Å². The summed E-state index contributed by atoms with van der Waals surface area (Å²) in [6, 6.07) is 4.47. The summed E-state index contributed by atoms with van der Waals surface area (Å²) in [7, 11) is -3.75. The van der Waals surface area contributed by atoms with Crippen LogP contribution in [0, 0.1) is 5.82 Å². The lowest BCUT2D eigenvalue weighted by molar-refractivity contribution is 0.285. The van der Waals surface area contributed by atoms with Crippen molar-refractivity contribution in [1.29, 1.82) is 0 Å². The van der Waals surface area contributed by atoms with Crippen LogP contribution in [0.5, 0.6) is 0 Å². The second-order valence-corrected chi connectivity index (χ2v) is 5.78. The van der Waals surface area contributed by atoms with E-state index in [1.807, 2.05) is 0 Å². The van der Waals surface area contributed by atoms with Crippen LogP contribution in [0.3, 0.4) is 0 Å². The number of rotatable bonds is 5. The fourth-order valence-corrected chi connectivity index (χ4v) is 2.36. The van der Waals surface area contributed by atoms with Gasteiger partial charge in [-0.25, -0.2) is 4.39 Å². The molecule has 2 aromatic rings. The number of hydrogen-bond acceptors (Lipinski definition) is 4. The molecule has 0 saturated carbocycles. The summed E-state index contributed by atoms with van der Waals surface area (Å²) in [5.41, 5.74) is 0.813. The number of aliphatic hydroxyl groups excluding tert-OH is 1. The highest BCUT2D eigenvalue weighted by atomic mass is 32.2. The molecular formula is C12H14FNO4S. The molecule has 0 spiro atoms. The zero-order valence-electron chi connectivity index (χ0n) is 10.3. The number of benzene rings is 1. The van der Waals surface area contributed by atoms with Crippen molar-refractivity contribution in [2.24, 2.45) is 0 Å². The number of aryl methyl sites for hydroxylation is 1. The van der Waals surface area contributed by atoms with E-state index in [0.29, 0.717) is 18.2 Å². The van der Waals surface area contributed by atoms with Crippen LogP contribution in [0.25, 0.3) is 10.9 Å². The molecule has 0 radical (unpaired) electrons. The zero-order valence-corrected chi connectivity index (χ0v) is 11.2. The molecule has 0 aliphatic rings. The van der Waals surface area contributed by atoms with E-state index in [2.05, 4.69) is 0 Å². The Balaban J connectivity index is 2.57. The SMILES string of the molecule is CS(=O)(=O)On1cc(CCCO)c2cccc(F)c21. The molecule has 1 N–H and O–H groups in total. The molecule has 0 aliphatic heterocycles. The minimum Gasteiger partial charge on any atom is -0.396 e. The lowest BCUT2D eigenvalue weighted by atomic mass is 10.1. The van der Waals surface area contributed by atoms with Crippen molar-refractivity contribution >= 4 is 21.0 Å². The molecule has 104 valence electrons. The van der Waals surface area contributed by atoms with Crippen LogP contribution in [0.4, 0.5) is 4.39 Å². The Bertz CT molecular complexity index is 693. The first-order valence-electron chi connectivity index (χ1n) is 5.71. The van der Waals surface area contributed by atoms with Gasteiger partial charge in [0.25, 0.3) is 0 Å². The van der Waals surface area contributed by atoms with Crippen molar-refractivity contribution in [2.45, 2.75) is 12.8 Å². The highest BCUT2D eigenvalue weighted by Crippen LogP contribution is 2.24. The summed E-state index contributed by atoms with van der Waals surface area (Å²) in [5, 5.41) is 9.42. The third kappa shape index (κ3) is 3.05. The van der Waals surface area contributed by atoms with E-state index >= 15 is 0 Å². The number of hydrogen-bond donors (Lipinski definition) is 1. The van der Waals surface area contributed by atoms with Gasteiger partial charge in [0.2, 0.25) is 0 Å². The molecule has 1 heterocycles. The number of aliphatic hydroxyl groups is 1. The molecule has 0 saturated heterocycles. The minimum absolute atomic E-state index is 0.00885. The van der Waals surface area contributed by atoms with Gasteiger partial charge in [0.05, 0.1) is 6.26 Å². The van der Waals surface area contributed by atoms with Crippen molar-refractivity contribution < 1.29 is 22.2 Å². The topological polar surface area (TPSA) is 68.5 Å². The molecule has 1 aromatic carbocycles. The van der Waals surface area contributed by atoms with Crippen molar-refractivity contribution in [1.82, 2.24) is 4.73 Å². The van der Waals surface area contributed by atoms with Gasteiger partial charge < -0.3 is 5.11 Å². The lowest BCUT2D eigenvalue weighted by Crippen LogP contribution is -2.17. The summed E-state index contributed by atoms with van der Waals surface area (Å²) >= 11 is 0. The first-order chi connectivity index (χ1) is 8.92. The number of fused-ring (bicyclic) bond motifs is 1. The molecule has 7 heteroatoms. The van der Waals surface area contributed by atoms with Crippen molar-refractivity contribution in [3.05, 3.63) is 35.8 Å². The normalized spacial score (nSPS) is 11.9. The Kier molecular flexibility index (Phi) is 3.77. The predicted molar refractivity (Wildman–Crippen MR) is 68.7 cm³/mol. The van der Waals surface area contributed by atoms with Gasteiger partial charge in [-0.15, -0.1) is 0 Å². The van der Waals surface area contributed by atoms with Gasteiger partial charge in [-0.2, -0.15) is 13.1 Å². The smallest absolute Gasteiger partial charge is 0.324 e. The maximum absolute atomic E-state index is 13.8. The first kappa shape index (κ1) is 13.8. The second-order valence-electron chi connectivity index (χ2n) is 4.22. The lowest BCUT2D eigenvalue weighted by Gasteiger charge is -2.04. The van der Waals surface area contributed by atoms with E-state index in [9.17, 15) is 12.8 Å². The molecule has 0 aliphatic carbocycles. The van der Waals surface area contributed by atoms with Crippen LogP contribution in [-0.2, 0) is 16.5 Å². The third-order valence-electron chi connectivity index (χ3n) is 2.65. The fraction of sp³-hybridized carbons (Fsp3) is 0.333. The minimum atomic E-state index is -3.75. The Morgan fingerprint density at radius 1 is 1.42 bits per heavy atom. The van der Waals surface area contributed by atoms with Crippen LogP contribution >= 0.6 is 0 Å². The standard InChI is InChI=1S/C12H14FNO4S/c1-19(16,17)18-14-8-9(4-3-7-15)10-5-2-6-11(13)12(10)14/h2,5-6,8,15H,3-4,7H2,1H3. The van der Waals surface area contributed by atoms with Gasteiger partial charge in [-0.05, 0) is 24.5 Å². The molecule has 19 heavy (non-hydrogen) atoms. The van der Waals surface area contributed by atoms with E-state index in [1.54, 1.807) is 12.1 Å². The van der Waals surface area contributed by atoms with Crippen LogP contribution in [-0.4, -0.2) is 31.1 Å².